The maximum absolute atomic E-state index is 5.94. The summed E-state index contributed by atoms with van der Waals surface area (Å²) in [6, 6.07) is 14.4. The topological polar surface area (TPSA) is 64.6 Å². The molecule has 0 radical (unpaired) electrons. The molecule has 0 aliphatic heterocycles. The SMILES string of the molecule is c1ccc2oc(-c3cnc4ccc(OCCNC5CC5)nn34)cc2c1. The molecule has 0 atom stereocenters. The first-order valence-electron chi connectivity index (χ1n) is 8.57. The van der Waals surface area contributed by atoms with Gasteiger partial charge in [0.05, 0.1) is 6.20 Å². The van der Waals surface area contributed by atoms with Gasteiger partial charge in [0.1, 0.15) is 17.9 Å². The Labute approximate surface area is 144 Å². The summed E-state index contributed by atoms with van der Waals surface area (Å²) in [7, 11) is 0. The van der Waals surface area contributed by atoms with Crippen LogP contribution in [0.5, 0.6) is 5.88 Å². The highest BCUT2D eigenvalue weighted by molar-refractivity contribution is 5.82. The number of hydrogen-bond acceptors (Lipinski definition) is 5. The molecule has 1 fully saturated rings. The second-order valence-electron chi connectivity index (χ2n) is 6.31. The molecule has 0 amide bonds. The van der Waals surface area contributed by atoms with Gasteiger partial charge in [-0.1, -0.05) is 18.2 Å². The van der Waals surface area contributed by atoms with Crippen molar-refractivity contribution in [3.8, 4) is 17.3 Å². The molecule has 5 rings (SSSR count). The summed E-state index contributed by atoms with van der Waals surface area (Å²) in [6.07, 6.45) is 4.33. The Hall–Kier alpha value is -2.86. The lowest BCUT2D eigenvalue weighted by atomic mass is 10.2. The van der Waals surface area contributed by atoms with E-state index in [4.69, 9.17) is 9.15 Å². The number of hydrogen-bond donors (Lipinski definition) is 1. The number of nitrogens with one attached hydrogen (secondary N) is 1. The zero-order valence-corrected chi connectivity index (χ0v) is 13.7. The molecule has 6 heteroatoms. The first-order chi connectivity index (χ1) is 12.4. The van der Waals surface area contributed by atoms with Gasteiger partial charge in [0.15, 0.2) is 11.4 Å². The van der Waals surface area contributed by atoms with Crippen molar-refractivity contribution in [3.63, 3.8) is 0 Å². The molecule has 1 aromatic carbocycles. The first kappa shape index (κ1) is 14.5. The van der Waals surface area contributed by atoms with Crippen LogP contribution in [0.3, 0.4) is 0 Å². The molecular formula is C19H18N4O2. The van der Waals surface area contributed by atoms with Crippen molar-refractivity contribution in [2.75, 3.05) is 13.2 Å². The summed E-state index contributed by atoms with van der Waals surface area (Å²) in [6.45, 7) is 1.44. The molecule has 1 aliphatic carbocycles. The van der Waals surface area contributed by atoms with E-state index in [-0.39, 0.29) is 0 Å². The van der Waals surface area contributed by atoms with E-state index in [1.54, 1.807) is 10.7 Å². The summed E-state index contributed by atoms with van der Waals surface area (Å²) in [5, 5.41) is 9.04. The predicted molar refractivity (Wildman–Crippen MR) is 94.7 cm³/mol. The van der Waals surface area contributed by atoms with Crippen LogP contribution in [0.25, 0.3) is 28.1 Å². The van der Waals surface area contributed by atoms with Crippen LogP contribution < -0.4 is 10.1 Å². The number of nitrogens with zero attached hydrogens (tertiary/aromatic N) is 3. The van der Waals surface area contributed by atoms with Gasteiger partial charge in [-0.05, 0) is 31.0 Å². The van der Waals surface area contributed by atoms with Gasteiger partial charge in [0.25, 0.3) is 0 Å². The Kier molecular flexibility index (Phi) is 3.41. The lowest BCUT2D eigenvalue weighted by Gasteiger charge is -2.06. The minimum atomic E-state index is 0.584. The number of para-hydroxylation sites is 1. The van der Waals surface area contributed by atoms with Crippen molar-refractivity contribution >= 4 is 16.6 Å². The third kappa shape index (κ3) is 2.85. The Morgan fingerprint density at radius 2 is 2.12 bits per heavy atom. The molecule has 25 heavy (non-hydrogen) atoms. The van der Waals surface area contributed by atoms with E-state index >= 15 is 0 Å². The molecule has 1 aliphatic rings. The van der Waals surface area contributed by atoms with Gasteiger partial charge in [0.2, 0.25) is 5.88 Å². The fourth-order valence-electron chi connectivity index (χ4n) is 2.92. The normalized spacial score (nSPS) is 14.4. The standard InChI is InChI=1S/C19H18N4O2/c1-2-4-16-13(3-1)11-17(25-16)15-12-21-18-7-8-19(22-23(15)18)24-10-9-20-14-5-6-14/h1-4,7-8,11-12,14,20H,5-6,9-10H2. The molecule has 3 heterocycles. The van der Waals surface area contributed by atoms with Gasteiger partial charge in [-0.3, -0.25) is 0 Å². The third-order valence-corrected chi connectivity index (χ3v) is 4.38. The van der Waals surface area contributed by atoms with E-state index in [1.807, 2.05) is 42.5 Å². The Morgan fingerprint density at radius 1 is 1.20 bits per heavy atom. The quantitative estimate of drug-likeness (QED) is 0.548. The Bertz CT molecular complexity index is 999. The molecule has 4 aromatic rings. The van der Waals surface area contributed by atoms with E-state index in [2.05, 4.69) is 15.4 Å². The zero-order valence-electron chi connectivity index (χ0n) is 13.7. The fourth-order valence-corrected chi connectivity index (χ4v) is 2.92. The molecule has 0 saturated heterocycles. The number of benzene rings is 1. The van der Waals surface area contributed by atoms with Crippen LogP contribution in [-0.4, -0.2) is 33.8 Å². The minimum Gasteiger partial charge on any atom is -0.475 e. The predicted octanol–water partition coefficient (Wildman–Crippen LogP) is 3.27. The summed E-state index contributed by atoms with van der Waals surface area (Å²) in [4.78, 5) is 4.41. The van der Waals surface area contributed by atoms with Crippen molar-refractivity contribution in [2.45, 2.75) is 18.9 Å². The van der Waals surface area contributed by atoms with Gasteiger partial charge in [-0.2, -0.15) is 0 Å². The highest BCUT2D eigenvalue weighted by atomic mass is 16.5. The molecule has 126 valence electrons. The smallest absolute Gasteiger partial charge is 0.231 e. The monoisotopic (exact) mass is 334 g/mol. The largest absolute Gasteiger partial charge is 0.475 e. The third-order valence-electron chi connectivity index (χ3n) is 4.38. The Balaban J connectivity index is 1.42. The second kappa shape index (κ2) is 5.89. The van der Waals surface area contributed by atoms with Gasteiger partial charge in [-0.15, -0.1) is 5.10 Å². The van der Waals surface area contributed by atoms with Crippen LogP contribution in [0, 0.1) is 0 Å². The number of ether oxygens (including phenoxy) is 1. The number of aromatic nitrogens is 3. The average molecular weight is 334 g/mol. The van der Waals surface area contributed by atoms with Crippen molar-refractivity contribution in [1.82, 2.24) is 19.9 Å². The van der Waals surface area contributed by atoms with Crippen LogP contribution in [0.4, 0.5) is 0 Å². The van der Waals surface area contributed by atoms with Crippen molar-refractivity contribution in [3.05, 3.63) is 48.7 Å². The van der Waals surface area contributed by atoms with Crippen LogP contribution in [0.2, 0.25) is 0 Å². The highest BCUT2D eigenvalue weighted by Gasteiger charge is 2.19. The molecule has 1 N–H and O–H groups in total. The van der Waals surface area contributed by atoms with Crippen LogP contribution >= 0.6 is 0 Å². The van der Waals surface area contributed by atoms with Gasteiger partial charge >= 0.3 is 0 Å². The second-order valence-corrected chi connectivity index (χ2v) is 6.31. The molecular weight excluding hydrogens is 316 g/mol. The van der Waals surface area contributed by atoms with Crippen LogP contribution in [0.15, 0.2) is 53.1 Å². The van der Waals surface area contributed by atoms with Gasteiger partial charge in [-0.25, -0.2) is 9.50 Å². The summed E-state index contributed by atoms with van der Waals surface area (Å²) >= 11 is 0. The number of fused-ring (bicyclic) bond motifs is 2. The average Bonchev–Trinajstić information content (AvgIpc) is 3.21. The van der Waals surface area contributed by atoms with Crippen molar-refractivity contribution in [2.24, 2.45) is 0 Å². The first-order valence-corrected chi connectivity index (χ1v) is 8.57. The maximum atomic E-state index is 5.94. The van der Waals surface area contributed by atoms with Gasteiger partial charge < -0.3 is 14.5 Å². The van der Waals surface area contributed by atoms with Crippen molar-refractivity contribution in [1.29, 1.82) is 0 Å². The molecule has 1 saturated carbocycles. The summed E-state index contributed by atoms with van der Waals surface area (Å²) in [5.74, 6) is 1.33. The number of rotatable bonds is 6. The van der Waals surface area contributed by atoms with Crippen LogP contribution in [-0.2, 0) is 0 Å². The van der Waals surface area contributed by atoms with Crippen molar-refractivity contribution < 1.29 is 9.15 Å². The number of furan rings is 1. The summed E-state index contributed by atoms with van der Waals surface area (Å²) < 4.78 is 13.5. The Morgan fingerprint density at radius 3 is 3.00 bits per heavy atom. The van der Waals surface area contributed by atoms with E-state index < -0.39 is 0 Å². The van der Waals surface area contributed by atoms with E-state index in [1.165, 1.54) is 12.8 Å². The van der Waals surface area contributed by atoms with E-state index in [9.17, 15) is 0 Å². The maximum Gasteiger partial charge on any atom is 0.231 e. The summed E-state index contributed by atoms with van der Waals surface area (Å²) in [5.41, 5.74) is 2.43. The van der Waals surface area contributed by atoms with Gasteiger partial charge in [0, 0.05) is 24.0 Å². The molecule has 0 spiro atoms. The lowest BCUT2D eigenvalue weighted by molar-refractivity contribution is 0.297. The molecule has 0 unspecified atom stereocenters. The molecule has 3 aromatic heterocycles. The molecule has 0 bridgehead atoms. The highest BCUT2D eigenvalue weighted by Crippen LogP contribution is 2.28. The lowest BCUT2D eigenvalue weighted by Crippen LogP contribution is -2.23. The van der Waals surface area contributed by atoms with E-state index in [0.29, 0.717) is 18.5 Å². The fraction of sp³-hybridized carbons (Fsp3) is 0.263. The molecule has 6 nitrogen and oxygen atoms in total. The van der Waals surface area contributed by atoms with Crippen LogP contribution in [0.1, 0.15) is 12.8 Å². The minimum absolute atomic E-state index is 0.584. The number of imidazole rings is 1. The zero-order chi connectivity index (χ0) is 16.6. The van der Waals surface area contributed by atoms with E-state index in [0.717, 1.165) is 34.6 Å².